The predicted molar refractivity (Wildman–Crippen MR) is 135 cm³/mol. The van der Waals surface area contributed by atoms with Crippen LogP contribution >= 0.6 is 0 Å². The molecule has 7 aliphatic rings. The second-order valence-corrected chi connectivity index (χ2v) is 12.9. The van der Waals surface area contributed by atoms with Gasteiger partial charge in [0, 0.05) is 34.9 Å². The topological polar surface area (TPSA) is 146 Å². The van der Waals surface area contributed by atoms with Gasteiger partial charge in [-0.25, -0.2) is 9.78 Å². The lowest BCUT2D eigenvalue weighted by atomic mass is 9.52. The number of hydrogen-bond acceptors (Lipinski definition) is 8. The number of fused-ring (bicyclic) bond motifs is 6. The van der Waals surface area contributed by atoms with Crippen molar-refractivity contribution < 1.29 is 18.8 Å². The summed E-state index contributed by atoms with van der Waals surface area (Å²) in [6.07, 6.45) is 14.6. The molecule has 3 N–H and O–H groups in total. The number of nitrogens with zero attached hydrogens (tertiary/aromatic N) is 4. The van der Waals surface area contributed by atoms with E-state index >= 15 is 0 Å². The molecule has 202 valence electrons. The molecule has 4 bridgehead atoms. The molecule has 10 heteroatoms. The van der Waals surface area contributed by atoms with Gasteiger partial charge in [0.15, 0.2) is 5.82 Å². The second-order valence-electron chi connectivity index (χ2n) is 12.9. The quantitative estimate of drug-likeness (QED) is 0.552. The number of carbonyl (C=O) groups excluding carboxylic acids is 2. The summed E-state index contributed by atoms with van der Waals surface area (Å²) in [5.41, 5.74) is 6.25. The Morgan fingerprint density at radius 1 is 0.947 bits per heavy atom. The Morgan fingerprint density at radius 2 is 1.61 bits per heavy atom. The molecule has 0 atom stereocenters. The average molecular weight is 521 g/mol. The first-order chi connectivity index (χ1) is 18.3. The molecule has 7 aliphatic carbocycles. The highest BCUT2D eigenvalue weighted by molar-refractivity contribution is 5.81. The molecule has 2 aromatic heterocycles. The first kappa shape index (κ1) is 24.0. The van der Waals surface area contributed by atoms with E-state index in [9.17, 15) is 9.59 Å². The van der Waals surface area contributed by atoms with Crippen molar-refractivity contribution >= 4 is 12.0 Å². The Labute approximate surface area is 221 Å². The van der Waals surface area contributed by atoms with Crippen LogP contribution in [0.2, 0.25) is 0 Å². The summed E-state index contributed by atoms with van der Waals surface area (Å²) in [7, 11) is 0. The van der Waals surface area contributed by atoms with E-state index in [-0.39, 0.29) is 33.6 Å². The molecule has 2 aromatic rings. The average Bonchev–Trinajstić information content (AvgIpc) is 3.69. The SMILES string of the molecule is NC(=O)C12CCC(c3ccnc(OC(=O)NCC45CCC(c6nc(C7CC7)no6)(CC4)CC5)n3)(CC1)CC2. The van der Waals surface area contributed by atoms with Gasteiger partial charge in [0.2, 0.25) is 11.8 Å². The smallest absolute Gasteiger partial charge is 0.374 e. The van der Waals surface area contributed by atoms with Crippen molar-refractivity contribution in [3.63, 3.8) is 0 Å². The van der Waals surface area contributed by atoms with Gasteiger partial charge < -0.3 is 20.3 Å². The monoisotopic (exact) mass is 520 g/mol. The standard InChI is InChI=1S/C28H36N6O4/c29-21(35)27-13-10-26(11-14-27,12-15-27)19-3-16-30-23(32-19)37-24(36)31-17-25-4-7-28(8-5-25,9-6-25)22-33-20(34-38-22)18-1-2-18/h3,16,18H,1-2,4-15,17H2,(H2,29,35)(H,31,36). The number of nitrogens with two attached hydrogens (primary N) is 1. The molecule has 9 rings (SSSR count). The predicted octanol–water partition coefficient (Wildman–Crippen LogP) is 4.19. The highest BCUT2D eigenvalue weighted by Gasteiger charge is 2.54. The van der Waals surface area contributed by atoms with Gasteiger partial charge in [-0.3, -0.25) is 4.79 Å². The zero-order valence-electron chi connectivity index (χ0n) is 21.8. The summed E-state index contributed by atoms with van der Waals surface area (Å²) in [6, 6.07) is 2.00. The van der Waals surface area contributed by atoms with Gasteiger partial charge in [0.05, 0.1) is 5.69 Å². The first-order valence-corrected chi connectivity index (χ1v) is 14.3. The number of primary amides is 1. The van der Waals surface area contributed by atoms with Gasteiger partial charge >= 0.3 is 12.1 Å². The lowest BCUT2D eigenvalue weighted by Crippen LogP contribution is -2.50. The van der Waals surface area contributed by atoms with E-state index < -0.39 is 6.09 Å². The highest BCUT2D eigenvalue weighted by Crippen LogP contribution is 2.58. The van der Waals surface area contributed by atoms with Crippen LogP contribution in [0.25, 0.3) is 0 Å². The zero-order chi connectivity index (χ0) is 26.0. The van der Waals surface area contributed by atoms with E-state index in [2.05, 4.69) is 20.4 Å². The van der Waals surface area contributed by atoms with Crippen molar-refractivity contribution in [3.05, 3.63) is 29.7 Å². The van der Waals surface area contributed by atoms with Crippen molar-refractivity contribution in [2.75, 3.05) is 6.54 Å². The van der Waals surface area contributed by atoms with Crippen molar-refractivity contribution in [2.24, 2.45) is 16.6 Å². The molecule has 2 amide bonds. The summed E-state index contributed by atoms with van der Waals surface area (Å²) >= 11 is 0. The normalized spacial score (nSPS) is 35.7. The maximum Gasteiger partial charge on any atom is 0.415 e. The molecule has 0 saturated heterocycles. The second kappa shape index (κ2) is 8.48. The van der Waals surface area contributed by atoms with Crippen LogP contribution in [0.1, 0.15) is 113 Å². The molecule has 0 radical (unpaired) electrons. The summed E-state index contributed by atoms with van der Waals surface area (Å²) < 4.78 is 11.3. The molecule has 0 aromatic carbocycles. The zero-order valence-corrected chi connectivity index (χ0v) is 21.8. The van der Waals surface area contributed by atoms with E-state index in [1.807, 2.05) is 6.07 Å². The molecule has 0 unspecified atom stereocenters. The molecular weight excluding hydrogens is 484 g/mol. The number of hydrogen-bond donors (Lipinski definition) is 2. The molecular formula is C28H36N6O4. The van der Waals surface area contributed by atoms with E-state index in [1.165, 1.54) is 12.8 Å². The Bertz CT molecular complexity index is 1220. The summed E-state index contributed by atoms with van der Waals surface area (Å²) in [5, 5.41) is 7.25. The maximum absolute atomic E-state index is 12.7. The maximum atomic E-state index is 12.7. The Hall–Kier alpha value is -3.04. The summed E-state index contributed by atoms with van der Waals surface area (Å²) in [4.78, 5) is 38.4. The van der Waals surface area contributed by atoms with E-state index in [0.717, 1.165) is 94.5 Å². The lowest BCUT2D eigenvalue weighted by Gasteiger charge is -2.51. The van der Waals surface area contributed by atoms with Crippen LogP contribution in [0, 0.1) is 10.8 Å². The van der Waals surface area contributed by atoms with Gasteiger partial charge in [0.1, 0.15) is 0 Å². The van der Waals surface area contributed by atoms with Crippen molar-refractivity contribution in [1.29, 1.82) is 0 Å². The fraction of sp³-hybridized carbons (Fsp3) is 0.714. The Morgan fingerprint density at radius 3 is 2.24 bits per heavy atom. The molecule has 7 saturated carbocycles. The minimum absolute atomic E-state index is 0.00539. The third-order valence-electron chi connectivity index (χ3n) is 11.0. The number of rotatable bonds is 7. The fourth-order valence-corrected chi connectivity index (χ4v) is 7.81. The van der Waals surface area contributed by atoms with E-state index in [0.29, 0.717) is 12.5 Å². The molecule has 38 heavy (non-hydrogen) atoms. The lowest BCUT2D eigenvalue weighted by molar-refractivity contribution is -0.134. The van der Waals surface area contributed by atoms with Crippen LogP contribution in [0.4, 0.5) is 4.79 Å². The number of amides is 2. The summed E-state index contributed by atoms with van der Waals surface area (Å²) in [5.74, 6) is 2.04. The van der Waals surface area contributed by atoms with Crippen LogP contribution < -0.4 is 15.8 Å². The minimum Gasteiger partial charge on any atom is -0.374 e. The van der Waals surface area contributed by atoms with Gasteiger partial charge in [-0.1, -0.05) is 5.16 Å². The highest BCUT2D eigenvalue weighted by atomic mass is 16.6. The molecule has 0 spiro atoms. The first-order valence-electron chi connectivity index (χ1n) is 14.3. The number of ether oxygens (including phenoxy) is 1. The van der Waals surface area contributed by atoms with Gasteiger partial charge in [-0.15, -0.1) is 0 Å². The summed E-state index contributed by atoms with van der Waals surface area (Å²) in [6.45, 7) is 0.581. The number of aromatic nitrogens is 4. The van der Waals surface area contributed by atoms with Gasteiger partial charge in [-0.2, -0.15) is 9.97 Å². The Kier molecular flexibility index (Phi) is 5.36. The van der Waals surface area contributed by atoms with Crippen LogP contribution in [0.5, 0.6) is 6.01 Å². The molecule has 10 nitrogen and oxygen atoms in total. The molecule has 0 aliphatic heterocycles. The molecule has 7 fully saturated rings. The third-order valence-corrected chi connectivity index (χ3v) is 11.0. The minimum atomic E-state index is -0.512. The third kappa shape index (κ3) is 3.90. The van der Waals surface area contributed by atoms with Gasteiger partial charge in [-0.05, 0) is 101 Å². The van der Waals surface area contributed by atoms with Crippen LogP contribution in [0.3, 0.4) is 0 Å². The van der Waals surface area contributed by atoms with Crippen molar-refractivity contribution in [2.45, 2.75) is 107 Å². The van der Waals surface area contributed by atoms with Gasteiger partial charge in [0.25, 0.3) is 0 Å². The molecule has 2 heterocycles. The Balaban J connectivity index is 0.949. The van der Waals surface area contributed by atoms with Crippen LogP contribution in [-0.4, -0.2) is 38.7 Å². The van der Waals surface area contributed by atoms with Crippen LogP contribution in [-0.2, 0) is 15.6 Å². The number of nitrogens with one attached hydrogen (secondary N) is 1. The van der Waals surface area contributed by atoms with Crippen molar-refractivity contribution in [1.82, 2.24) is 25.4 Å². The largest absolute Gasteiger partial charge is 0.415 e. The van der Waals surface area contributed by atoms with E-state index in [4.69, 9.17) is 20.0 Å². The van der Waals surface area contributed by atoms with Crippen molar-refractivity contribution in [3.8, 4) is 6.01 Å². The van der Waals surface area contributed by atoms with Crippen LogP contribution in [0.15, 0.2) is 16.8 Å². The number of carbonyl (C=O) groups is 2. The fourth-order valence-electron chi connectivity index (χ4n) is 7.81. The van der Waals surface area contributed by atoms with E-state index in [1.54, 1.807) is 6.20 Å².